The van der Waals surface area contributed by atoms with Crippen LogP contribution >= 0.6 is 0 Å². The van der Waals surface area contributed by atoms with Gasteiger partial charge in [-0.05, 0) is 55.3 Å². The van der Waals surface area contributed by atoms with E-state index in [4.69, 9.17) is 0 Å². The molecule has 1 aliphatic heterocycles. The van der Waals surface area contributed by atoms with E-state index in [1.807, 2.05) is 12.1 Å². The highest BCUT2D eigenvalue weighted by molar-refractivity contribution is 5.44. The van der Waals surface area contributed by atoms with E-state index in [0.29, 0.717) is 11.8 Å². The molecule has 1 aliphatic carbocycles. The lowest BCUT2D eigenvalue weighted by molar-refractivity contribution is 0.145. The molecule has 98 valence electrons. The number of hydrogen-bond acceptors (Lipinski definition) is 2. The quantitative estimate of drug-likeness (QED) is 0.862. The number of benzene rings is 1. The molecule has 0 amide bonds. The highest BCUT2D eigenvalue weighted by atomic mass is 16.3. The first-order chi connectivity index (χ1) is 8.68. The van der Waals surface area contributed by atoms with Crippen LogP contribution in [0.2, 0.25) is 0 Å². The fourth-order valence-corrected chi connectivity index (χ4v) is 3.88. The summed E-state index contributed by atoms with van der Waals surface area (Å²) in [6.07, 6.45) is 4.87. The lowest BCUT2D eigenvalue weighted by Gasteiger charge is -2.33. The second-order valence-corrected chi connectivity index (χ2v) is 6.09. The highest BCUT2D eigenvalue weighted by Crippen LogP contribution is 2.43. The molecule has 18 heavy (non-hydrogen) atoms. The van der Waals surface area contributed by atoms with Crippen LogP contribution in [-0.2, 0) is 6.42 Å². The van der Waals surface area contributed by atoms with Gasteiger partial charge in [0.15, 0.2) is 0 Å². The Labute approximate surface area is 110 Å². The summed E-state index contributed by atoms with van der Waals surface area (Å²) in [7, 11) is 0. The van der Waals surface area contributed by atoms with Gasteiger partial charge in [-0.25, -0.2) is 0 Å². The molecule has 1 aromatic rings. The molecule has 0 radical (unpaired) electrons. The Morgan fingerprint density at radius 2 is 2.11 bits per heavy atom. The Bertz CT molecular complexity index is 441. The average Bonchev–Trinajstić information content (AvgIpc) is 2.94. The summed E-state index contributed by atoms with van der Waals surface area (Å²) in [5.41, 5.74) is 2.57. The van der Waals surface area contributed by atoms with Gasteiger partial charge in [-0.2, -0.15) is 0 Å². The van der Waals surface area contributed by atoms with Gasteiger partial charge in [0.05, 0.1) is 0 Å². The minimum Gasteiger partial charge on any atom is -0.508 e. The van der Waals surface area contributed by atoms with Crippen LogP contribution in [0.5, 0.6) is 5.75 Å². The lowest BCUT2D eigenvalue weighted by Crippen LogP contribution is -2.35. The van der Waals surface area contributed by atoms with Gasteiger partial charge in [-0.3, -0.25) is 4.90 Å². The van der Waals surface area contributed by atoms with E-state index in [0.717, 1.165) is 18.4 Å². The fourth-order valence-electron chi connectivity index (χ4n) is 3.88. The minimum absolute atomic E-state index is 0.496. The topological polar surface area (TPSA) is 23.5 Å². The molecule has 2 atom stereocenters. The molecule has 0 spiro atoms. The second-order valence-electron chi connectivity index (χ2n) is 6.09. The Morgan fingerprint density at radius 3 is 2.89 bits per heavy atom. The largest absolute Gasteiger partial charge is 0.508 e. The van der Waals surface area contributed by atoms with Gasteiger partial charge >= 0.3 is 0 Å². The van der Waals surface area contributed by atoms with Crippen LogP contribution in [0, 0.1) is 5.92 Å². The Hall–Kier alpha value is -1.02. The molecule has 1 N–H and O–H groups in total. The van der Waals surface area contributed by atoms with Gasteiger partial charge < -0.3 is 5.11 Å². The van der Waals surface area contributed by atoms with Crippen molar-refractivity contribution in [1.29, 1.82) is 0 Å². The number of fused-ring (bicyclic) bond motifs is 1. The van der Waals surface area contributed by atoms with Crippen molar-refractivity contribution in [1.82, 2.24) is 4.90 Å². The zero-order valence-electron chi connectivity index (χ0n) is 11.4. The van der Waals surface area contributed by atoms with Gasteiger partial charge in [0.25, 0.3) is 0 Å². The number of nitrogens with zero attached hydrogens (tertiary/aromatic N) is 1. The van der Waals surface area contributed by atoms with Crippen LogP contribution < -0.4 is 0 Å². The Morgan fingerprint density at radius 1 is 1.28 bits per heavy atom. The summed E-state index contributed by atoms with van der Waals surface area (Å²) in [6, 6.07) is 7.30. The molecular weight excluding hydrogens is 222 g/mol. The summed E-state index contributed by atoms with van der Waals surface area (Å²) >= 11 is 0. The van der Waals surface area contributed by atoms with E-state index < -0.39 is 0 Å². The first kappa shape index (κ1) is 12.0. The van der Waals surface area contributed by atoms with Crippen molar-refractivity contribution in [2.45, 2.75) is 51.6 Å². The molecule has 2 aliphatic rings. The summed E-state index contributed by atoms with van der Waals surface area (Å²) in [5.74, 6) is 1.23. The summed E-state index contributed by atoms with van der Waals surface area (Å²) in [6.45, 7) is 5.89. The van der Waals surface area contributed by atoms with E-state index in [9.17, 15) is 5.11 Å². The number of hydrogen-bond donors (Lipinski definition) is 1. The lowest BCUT2D eigenvalue weighted by atomic mass is 9.99. The van der Waals surface area contributed by atoms with Gasteiger partial charge in [0.1, 0.15) is 5.75 Å². The second kappa shape index (κ2) is 4.58. The van der Waals surface area contributed by atoms with E-state index in [1.165, 1.54) is 36.9 Å². The van der Waals surface area contributed by atoms with Crippen molar-refractivity contribution < 1.29 is 5.11 Å². The minimum atomic E-state index is 0.496. The molecule has 3 rings (SSSR count). The van der Waals surface area contributed by atoms with Crippen molar-refractivity contribution in [2.75, 3.05) is 6.54 Å². The third-order valence-corrected chi connectivity index (χ3v) is 4.73. The molecule has 0 bridgehead atoms. The van der Waals surface area contributed by atoms with Gasteiger partial charge in [-0.15, -0.1) is 0 Å². The third-order valence-electron chi connectivity index (χ3n) is 4.73. The number of rotatable bonds is 2. The molecule has 1 heterocycles. The third kappa shape index (κ3) is 1.83. The molecule has 1 aromatic carbocycles. The number of phenolic OH excluding ortho intramolecular Hbond substituents is 1. The first-order valence-corrected chi connectivity index (χ1v) is 7.25. The van der Waals surface area contributed by atoms with Crippen LogP contribution in [-0.4, -0.2) is 22.6 Å². The molecule has 1 saturated heterocycles. The smallest absolute Gasteiger partial charge is 0.119 e. The molecule has 2 heteroatoms. The van der Waals surface area contributed by atoms with Crippen LogP contribution in [0.25, 0.3) is 0 Å². The molecule has 2 unspecified atom stereocenters. The van der Waals surface area contributed by atoms with E-state index >= 15 is 0 Å². The SMILES string of the molecule is CC(C)C1CCCN1C1CCc2c(O)cccc21. The van der Waals surface area contributed by atoms with Crippen molar-refractivity contribution in [3.8, 4) is 5.75 Å². The predicted octanol–water partition coefficient (Wildman–Crippen LogP) is 3.50. The van der Waals surface area contributed by atoms with Gasteiger partial charge in [0, 0.05) is 12.1 Å². The predicted molar refractivity (Wildman–Crippen MR) is 73.7 cm³/mol. The van der Waals surface area contributed by atoms with Crippen LogP contribution in [0.1, 0.15) is 50.3 Å². The van der Waals surface area contributed by atoms with E-state index in [-0.39, 0.29) is 0 Å². The van der Waals surface area contributed by atoms with Crippen LogP contribution in [0.3, 0.4) is 0 Å². The Kier molecular flexibility index (Phi) is 3.06. The number of aromatic hydroxyl groups is 1. The van der Waals surface area contributed by atoms with Gasteiger partial charge in [0.2, 0.25) is 0 Å². The highest BCUT2D eigenvalue weighted by Gasteiger charge is 2.36. The first-order valence-electron chi connectivity index (χ1n) is 7.25. The van der Waals surface area contributed by atoms with E-state index in [1.54, 1.807) is 0 Å². The molecule has 2 nitrogen and oxygen atoms in total. The Balaban J connectivity index is 1.90. The maximum atomic E-state index is 9.95. The van der Waals surface area contributed by atoms with Crippen molar-refractivity contribution in [3.63, 3.8) is 0 Å². The van der Waals surface area contributed by atoms with Crippen LogP contribution in [0.4, 0.5) is 0 Å². The molecule has 0 aromatic heterocycles. The molecule has 1 fully saturated rings. The van der Waals surface area contributed by atoms with Gasteiger partial charge in [-0.1, -0.05) is 26.0 Å². The monoisotopic (exact) mass is 245 g/mol. The summed E-state index contributed by atoms with van der Waals surface area (Å²) in [5, 5.41) is 9.95. The maximum Gasteiger partial charge on any atom is 0.119 e. The van der Waals surface area contributed by atoms with Crippen molar-refractivity contribution in [2.24, 2.45) is 5.92 Å². The maximum absolute atomic E-state index is 9.95. The number of likely N-dealkylation sites (tertiary alicyclic amines) is 1. The van der Waals surface area contributed by atoms with Crippen molar-refractivity contribution in [3.05, 3.63) is 29.3 Å². The molecular formula is C16H23NO. The normalized spacial score (nSPS) is 27.9. The molecule has 0 saturated carbocycles. The van der Waals surface area contributed by atoms with Crippen molar-refractivity contribution >= 4 is 0 Å². The van der Waals surface area contributed by atoms with E-state index in [2.05, 4.69) is 24.8 Å². The number of phenols is 1. The van der Waals surface area contributed by atoms with Crippen LogP contribution in [0.15, 0.2) is 18.2 Å². The standard InChI is InChI=1S/C16H23NO/c1-11(2)14-6-4-10-17(14)15-9-8-13-12(15)5-3-7-16(13)18/h3,5,7,11,14-15,18H,4,6,8-10H2,1-2H3. The fraction of sp³-hybridized carbons (Fsp3) is 0.625. The summed E-state index contributed by atoms with van der Waals surface area (Å²) < 4.78 is 0. The summed E-state index contributed by atoms with van der Waals surface area (Å²) in [4.78, 5) is 2.69. The average molecular weight is 245 g/mol. The zero-order valence-corrected chi connectivity index (χ0v) is 11.4. The zero-order chi connectivity index (χ0) is 12.7.